The number of carbonyl (C=O) groups excluding carboxylic acids is 2. The molecule has 0 atom stereocenters. The second kappa shape index (κ2) is 8.15. The number of anilines is 1. The molecule has 0 aliphatic heterocycles. The van der Waals surface area contributed by atoms with Gasteiger partial charge in [-0.2, -0.15) is 0 Å². The van der Waals surface area contributed by atoms with Crippen LogP contribution in [0.25, 0.3) is 0 Å². The summed E-state index contributed by atoms with van der Waals surface area (Å²) < 4.78 is 10.9. The zero-order valence-corrected chi connectivity index (χ0v) is 14.9. The Balaban J connectivity index is 2.02. The Labute approximate surface area is 151 Å². The molecular weight excluding hydrogens is 334 g/mol. The van der Waals surface area contributed by atoms with Gasteiger partial charge in [0.1, 0.15) is 22.8 Å². The summed E-state index contributed by atoms with van der Waals surface area (Å²) in [7, 11) is 0. The molecule has 1 heterocycles. The number of aromatic nitrogens is 1. The molecular formula is C19H21N3O4. The first-order valence-electron chi connectivity index (χ1n) is 7.93. The smallest absolute Gasteiger partial charge is 0.412 e. The summed E-state index contributed by atoms with van der Waals surface area (Å²) in [4.78, 5) is 27.5. The Bertz CT molecular complexity index is 808. The number of ether oxygens (including phenoxy) is 2. The minimum absolute atomic E-state index is 0.229. The molecule has 0 radical (unpaired) electrons. The average Bonchev–Trinajstić information content (AvgIpc) is 2.55. The van der Waals surface area contributed by atoms with Gasteiger partial charge >= 0.3 is 6.09 Å². The van der Waals surface area contributed by atoms with Crippen molar-refractivity contribution in [2.75, 3.05) is 5.32 Å². The van der Waals surface area contributed by atoms with E-state index in [0.717, 1.165) is 6.20 Å². The maximum Gasteiger partial charge on any atom is 0.412 e. The van der Waals surface area contributed by atoms with E-state index >= 15 is 0 Å². The molecule has 1 aromatic carbocycles. The van der Waals surface area contributed by atoms with Crippen LogP contribution in [0.2, 0.25) is 0 Å². The van der Waals surface area contributed by atoms with Gasteiger partial charge in [0, 0.05) is 24.0 Å². The predicted octanol–water partition coefficient (Wildman–Crippen LogP) is 3.88. The third kappa shape index (κ3) is 5.94. The lowest BCUT2D eigenvalue weighted by Crippen LogP contribution is -2.27. The van der Waals surface area contributed by atoms with Gasteiger partial charge in [0.2, 0.25) is 5.78 Å². The monoisotopic (exact) mass is 355 g/mol. The molecule has 7 heteroatoms. The molecule has 0 aliphatic rings. The van der Waals surface area contributed by atoms with Crippen LogP contribution < -0.4 is 15.8 Å². The van der Waals surface area contributed by atoms with Gasteiger partial charge in [-0.05, 0) is 57.3 Å². The van der Waals surface area contributed by atoms with Crippen molar-refractivity contribution in [3.05, 3.63) is 60.6 Å². The van der Waals surface area contributed by atoms with Gasteiger partial charge in [0.25, 0.3) is 0 Å². The molecule has 0 spiro atoms. The summed E-state index contributed by atoms with van der Waals surface area (Å²) >= 11 is 0. The Hall–Kier alpha value is -3.35. The summed E-state index contributed by atoms with van der Waals surface area (Å²) in [5, 5.41) is 2.64. The normalized spacial score (nSPS) is 11.2. The van der Waals surface area contributed by atoms with Crippen molar-refractivity contribution in [2.24, 2.45) is 5.73 Å². The van der Waals surface area contributed by atoms with Crippen molar-refractivity contribution in [1.82, 2.24) is 4.98 Å². The number of amides is 1. The number of nitrogens with zero attached hydrogens (tertiary/aromatic N) is 1. The number of nitrogens with one attached hydrogen (secondary N) is 1. The highest BCUT2D eigenvalue weighted by Gasteiger charge is 2.16. The first-order chi connectivity index (χ1) is 12.3. The SMILES string of the molecule is CC(C)(C)OC(=O)Nc1ccc(Oc2ccnc(C(=O)/C=C/N)c2)cc1. The predicted molar refractivity (Wildman–Crippen MR) is 98.3 cm³/mol. The second-order valence-corrected chi connectivity index (χ2v) is 6.35. The summed E-state index contributed by atoms with van der Waals surface area (Å²) in [6.07, 6.45) is 3.33. The molecule has 0 fully saturated rings. The van der Waals surface area contributed by atoms with E-state index in [1.54, 1.807) is 51.1 Å². The van der Waals surface area contributed by atoms with Crippen LogP contribution in [0, 0.1) is 0 Å². The van der Waals surface area contributed by atoms with Crippen LogP contribution in [0.5, 0.6) is 11.5 Å². The van der Waals surface area contributed by atoms with Gasteiger partial charge in [-0.15, -0.1) is 0 Å². The first kappa shape index (κ1) is 19.0. The topological polar surface area (TPSA) is 104 Å². The Morgan fingerprint density at radius 1 is 1.12 bits per heavy atom. The standard InChI is InChI=1S/C19H21N3O4/c1-19(2,3)26-18(24)22-13-4-6-14(7-5-13)25-15-9-11-21-16(12-15)17(23)8-10-20/h4-12H,20H2,1-3H3,(H,22,24)/b10-8+. The maximum absolute atomic E-state index is 11.8. The second-order valence-electron chi connectivity index (χ2n) is 6.35. The largest absolute Gasteiger partial charge is 0.457 e. The average molecular weight is 355 g/mol. The number of hydrogen-bond donors (Lipinski definition) is 2. The van der Waals surface area contributed by atoms with Gasteiger partial charge in [0.15, 0.2) is 0 Å². The molecule has 0 saturated carbocycles. The quantitative estimate of drug-likeness (QED) is 0.623. The fourth-order valence-electron chi connectivity index (χ4n) is 1.95. The third-order valence-electron chi connectivity index (χ3n) is 2.97. The van der Waals surface area contributed by atoms with Crippen LogP contribution in [-0.4, -0.2) is 22.5 Å². The van der Waals surface area contributed by atoms with E-state index in [2.05, 4.69) is 10.3 Å². The van der Waals surface area contributed by atoms with Gasteiger partial charge in [-0.3, -0.25) is 15.1 Å². The van der Waals surface area contributed by atoms with Crippen molar-refractivity contribution >= 4 is 17.6 Å². The number of pyridine rings is 1. The van der Waals surface area contributed by atoms with E-state index in [0.29, 0.717) is 17.2 Å². The highest BCUT2D eigenvalue weighted by Crippen LogP contribution is 2.23. The van der Waals surface area contributed by atoms with Crippen molar-refractivity contribution in [3.63, 3.8) is 0 Å². The van der Waals surface area contributed by atoms with Gasteiger partial charge in [-0.1, -0.05) is 0 Å². The molecule has 0 unspecified atom stereocenters. The van der Waals surface area contributed by atoms with E-state index in [1.165, 1.54) is 18.3 Å². The number of ketones is 1. The third-order valence-corrected chi connectivity index (χ3v) is 2.97. The van der Waals surface area contributed by atoms with Crippen molar-refractivity contribution in [3.8, 4) is 11.5 Å². The van der Waals surface area contributed by atoms with E-state index in [9.17, 15) is 9.59 Å². The molecule has 1 aromatic heterocycles. The molecule has 0 saturated heterocycles. The molecule has 2 rings (SSSR count). The maximum atomic E-state index is 11.8. The Morgan fingerprint density at radius 2 is 1.81 bits per heavy atom. The van der Waals surface area contributed by atoms with Crippen molar-refractivity contribution in [2.45, 2.75) is 26.4 Å². The van der Waals surface area contributed by atoms with Crippen molar-refractivity contribution < 1.29 is 19.1 Å². The van der Waals surface area contributed by atoms with E-state index < -0.39 is 11.7 Å². The number of benzene rings is 1. The van der Waals surface area contributed by atoms with Gasteiger partial charge < -0.3 is 15.2 Å². The summed E-state index contributed by atoms with van der Waals surface area (Å²) in [6, 6.07) is 9.90. The van der Waals surface area contributed by atoms with E-state index in [-0.39, 0.29) is 11.5 Å². The molecule has 7 nitrogen and oxygen atoms in total. The zero-order chi connectivity index (χ0) is 19.2. The molecule has 2 aromatic rings. The Kier molecular flexibility index (Phi) is 5.95. The molecule has 136 valence electrons. The number of nitrogens with two attached hydrogens (primary N) is 1. The van der Waals surface area contributed by atoms with Crippen LogP contribution >= 0.6 is 0 Å². The molecule has 1 amide bonds. The van der Waals surface area contributed by atoms with E-state index in [4.69, 9.17) is 15.2 Å². The van der Waals surface area contributed by atoms with Crippen LogP contribution in [0.3, 0.4) is 0 Å². The number of carbonyl (C=O) groups is 2. The highest BCUT2D eigenvalue weighted by molar-refractivity contribution is 6.03. The lowest BCUT2D eigenvalue weighted by molar-refractivity contribution is 0.0635. The fraction of sp³-hybridized carbons (Fsp3) is 0.211. The molecule has 0 bridgehead atoms. The van der Waals surface area contributed by atoms with Crippen LogP contribution in [0.1, 0.15) is 31.3 Å². The molecule has 0 aliphatic carbocycles. The number of hydrogen-bond acceptors (Lipinski definition) is 6. The minimum atomic E-state index is -0.567. The van der Waals surface area contributed by atoms with Gasteiger partial charge in [-0.25, -0.2) is 4.79 Å². The summed E-state index contributed by atoms with van der Waals surface area (Å²) in [5.41, 5.74) is 5.45. The summed E-state index contributed by atoms with van der Waals surface area (Å²) in [5.74, 6) is 0.690. The summed E-state index contributed by atoms with van der Waals surface area (Å²) in [6.45, 7) is 5.38. The number of rotatable bonds is 5. The van der Waals surface area contributed by atoms with Crippen LogP contribution in [0.4, 0.5) is 10.5 Å². The van der Waals surface area contributed by atoms with Crippen LogP contribution in [0.15, 0.2) is 54.9 Å². The Morgan fingerprint density at radius 3 is 2.42 bits per heavy atom. The first-order valence-corrected chi connectivity index (χ1v) is 7.93. The van der Waals surface area contributed by atoms with Crippen molar-refractivity contribution in [1.29, 1.82) is 0 Å². The minimum Gasteiger partial charge on any atom is -0.457 e. The van der Waals surface area contributed by atoms with E-state index in [1.807, 2.05) is 0 Å². The lowest BCUT2D eigenvalue weighted by Gasteiger charge is -2.19. The number of allylic oxidation sites excluding steroid dienone is 1. The van der Waals surface area contributed by atoms with Crippen LogP contribution in [-0.2, 0) is 4.74 Å². The fourth-order valence-corrected chi connectivity index (χ4v) is 1.95. The lowest BCUT2D eigenvalue weighted by atomic mass is 10.2. The molecule has 3 N–H and O–H groups in total. The molecule has 26 heavy (non-hydrogen) atoms. The van der Waals surface area contributed by atoms with Gasteiger partial charge in [0.05, 0.1) is 0 Å². The highest BCUT2D eigenvalue weighted by atomic mass is 16.6. The zero-order valence-electron chi connectivity index (χ0n) is 14.9.